The maximum atomic E-state index is 12.8. The Hall–Kier alpha value is -1.59. The number of esters is 3. The van der Waals surface area contributed by atoms with Gasteiger partial charge in [-0.05, 0) is 37.0 Å². The van der Waals surface area contributed by atoms with Crippen molar-refractivity contribution in [2.24, 2.45) is 17.8 Å². The van der Waals surface area contributed by atoms with Crippen LogP contribution >= 0.6 is 0 Å². The van der Waals surface area contributed by atoms with Gasteiger partial charge >= 0.3 is 17.9 Å². The van der Waals surface area contributed by atoms with Crippen molar-refractivity contribution in [2.45, 2.75) is 292 Å². The smallest absolute Gasteiger partial charge is 0.306 e. The van der Waals surface area contributed by atoms with Gasteiger partial charge in [0.15, 0.2) is 6.10 Å². The van der Waals surface area contributed by atoms with Gasteiger partial charge in [-0.3, -0.25) is 14.4 Å². The van der Waals surface area contributed by atoms with Gasteiger partial charge in [-0.1, -0.05) is 247 Å². The third kappa shape index (κ3) is 45.8. The molecule has 6 heteroatoms. The molecule has 2 atom stereocenters. The Morgan fingerprint density at radius 2 is 0.593 bits per heavy atom. The summed E-state index contributed by atoms with van der Waals surface area (Å²) in [6.07, 6.45) is 43.8. The van der Waals surface area contributed by atoms with Gasteiger partial charge in [-0.15, -0.1) is 0 Å². The third-order valence-corrected chi connectivity index (χ3v) is 12.3. The van der Waals surface area contributed by atoms with E-state index in [1.54, 1.807) is 0 Å². The molecule has 0 aliphatic rings. The predicted octanol–water partition coefficient (Wildman–Crippen LogP) is 16.8. The first-order chi connectivity index (χ1) is 28.6. The summed E-state index contributed by atoms with van der Waals surface area (Å²) in [6, 6.07) is 0. The van der Waals surface area contributed by atoms with Crippen molar-refractivity contribution in [1.82, 2.24) is 0 Å². The monoisotopic (exact) mass is 835 g/mol. The van der Waals surface area contributed by atoms with Crippen molar-refractivity contribution in [3.05, 3.63) is 0 Å². The maximum absolute atomic E-state index is 12.8. The van der Waals surface area contributed by atoms with E-state index in [1.165, 1.54) is 167 Å². The van der Waals surface area contributed by atoms with Gasteiger partial charge < -0.3 is 14.2 Å². The molecular formula is C53H102O6. The van der Waals surface area contributed by atoms with Crippen LogP contribution in [-0.2, 0) is 28.6 Å². The fraction of sp³-hybridized carbons (Fsp3) is 0.943. The van der Waals surface area contributed by atoms with Crippen LogP contribution in [0.2, 0.25) is 0 Å². The molecule has 0 aromatic rings. The van der Waals surface area contributed by atoms with Crippen LogP contribution < -0.4 is 0 Å². The molecule has 59 heavy (non-hydrogen) atoms. The molecule has 0 saturated heterocycles. The van der Waals surface area contributed by atoms with Gasteiger partial charge in [0, 0.05) is 19.3 Å². The lowest BCUT2D eigenvalue weighted by Crippen LogP contribution is -2.30. The highest BCUT2D eigenvalue weighted by molar-refractivity contribution is 5.71. The zero-order valence-corrected chi connectivity index (χ0v) is 40.5. The quantitative estimate of drug-likeness (QED) is 0.0345. The first-order valence-corrected chi connectivity index (χ1v) is 26.1. The molecule has 0 bridgehead atoms. The fourth-order valence-electron chi connectivity index (χ4n) is 7.91. The topological polar surface area (TPSA) is 78.9 Å². The van der Waals surface area contributed by atoms with Gasteiger partial charge in [0.1, 0.15) is 13.2 Å². The number of unbranched alkanes of at least 4 members (excludes halogenated alkanes) is 28. The fourth-order valence-corrected chi connectivity index (χ4v) is 7.91. The summed E-state index contributed by atoms with van der Waals surface area (Å²) >= 11 is 0. The molecule has 0 rings (SSSR count). The molecule has 6 nitrogen and oxygen atoms in total. The van der Waals surface area contributed by atoms with Gasteiger partial charge in [0.05, 0.1) is 0 Å². The Labute approximate surface area is 368 Å². The molecule has 0 N–H and O–H groups in total. The van der Waals surface area contributed by atoms with Crippen LogP contribution in [0.4, 0.5) is 0 Å². The van der Waals surface area contributed by atoms with Crippen molar-refractivity contribution >= 4 is 17.9 Å². The summed E-state index contributed by atoms with van der Waals surface area (Å²) < 4.78 is 16.8. The van der Waals surface area contributed by atoms with Crippen molar-refractivity contribution < 1.29 is 28.6 Å². The van der Waals surface area contributed by atoms with E-state index in [0.29, 0.717) is 19.3 Å². The van der Waals surface area contributed by atoms with Crippen molar-refractivity contribution in [1.29, 1.82) is 0 Å². The Kier molecular flexibility index (Phi) is 43.3. The van der Waals surface area contributed by atoms with Crippen LogP contribution in [0.3, 0.4) is 0 Å². The van der Waals surface area contributed by atoms with Crippen molar-refractivity contribution in [2.75, 3.05) is 13.2 Å². The summed E-state index contributed by atoms with van der Waals surface area (Å²) in [7, 11) is 0. The summed E-state index contributed by atoms with van der Waals surface area (Å²) in [5, 5.41) is 0. The highest BCUT2D eigenvalue weighted by Gasteiger charge is 2.19. The first-order valence-electron chi connectivity index (χ1n) is 26.1. The predicted molar refractivity (Wildman–Crippen MR) is 252 cm³/mol. The zero-order valence-electron chi connectivity index (χ0n) is 40.5. The Morgan fingerprint density at radius 3 is 0.881 bits per heavy atom. The highest BCUT2D eigenvalue weighted by Crippen LogP contribution is 2.18. The van der Waals surface area contributed by atoms with E-state index < -0.39 is 6.10 Å². The molecule has 0 aliphatic heterocycles. The molecule has 350 valence electrons. The normalized spacial score (nSPS) is 12.6. The zero-order chi connectivity index (χ0) is 43.4. The number of carbonyl (C=O) groups is 3. The minimum atomic E-state index is -0.763. The van der Waals surface area contributed by atoms with E-state index >= 15 is 0 Å². The van der Waals surface area contributed by atoms with E-state index in [1.807, 2.05) is 0 Å². The maximum Gasteiger partial charge on any atom is 0.306 e. The van der Waals surface area contributed by atoms with E-state index in [4.69, 9.17) is 14.2 Å². The number of hydrogen-bond acceptors (Lipinski definition) is 6. The van der Waals surface area contributed by atoms with E-state index in [2.05, 4.69) is 41.5 Å². The second kappa shape index (κ2) is 44.5. The summed E-state index contributed by atoms with van der Waals surface area (Å²) in [4.78, 5) is 37.9. The van der Waals surface area contributed by atoms with Crippen LogP contribution in [0, 0.1) is 17.8 Å². The number of rotatable bonds is 46. The molecule has 1 unspecified atom stereocenters. The average molecular weight is 835 g/mol. The largest absolute Gasteiger partial charge is 0.462 e. The standard InChI is InChI=1S/C53H102O6/c1-7-49(6)41-35-29-23-17-14-15-18-24-30-36-42-51(54)57-45-50(46-58-52(55)43-37-31-26-20-22-28-34-40-48(4)5)59-53(56)44-38-32-25-19-13-11-9-8-10-12-16-21-27-33-39-47(2)3/h47-50H,7-46H2,1-6H3/t49?,50-/m0/s1. The summed E-state index contributed by atoms with van der Waals surface area (Å²) in [5.74, 6) is 1.64. The minimum Gasteiger partial charge on any atom is -0.462 e. The van der Waals surface area contributed by atoms with Crippen LogP contribution in [0.5, 0.6) is 0 Å². The summed E-state index contributed by atoms with van der Waals surface area (Å²) in [6.45, 7) is 13.7. The lowest BCUT2D eigenvalue weighted by Gasteiger charge is -2.18. The molecule has 0 aliphatic carbocycles. The minimum absolute atomic E-state index is 0.0652. The molecule has 0 heterocycles. The Bertz CT molecular complexity index is 916. The van der Waals surface area contributed by atoms with Crippen LogP contribution in [0.25, 0.3) is 0 Å². The van der Waals surface area contributed by atoms with Gasteiger partial charge in [-0.2, -0.15) is 0 Å². The average Bonchev–Trinajstić information content (AvgIpc) is 3.20. The van der Waals surface area contributed by atoms with Crippen LogP contribution in [0.1, 0.15) is 286 Å². The molecule has 0 spiro atoms. The van der Waals surface area contributed by atoms with Gasteiger partial charge in [0.25, 0.3) is 0 Å². The van der Waals surface area contributed by atoms with Crippen molar-refractivity contribution in [3.8, 4) is 0 Å². The molecule has 0 fully saturated rings. The van der Waals surface area contributed by atoms with Gasteiger partial charge in [0.2, 0.25) is 0 Å². The second-order valence-electron chi connectivity index (χ2n) is 19.4. The molecular weight excluding hydrogens is 733 g/mol. The molecule has 0 amide bonds. The lowest BCUT2D eigenvalue weighted by molar-refractivity contribution is -0.167. The summed E-state index contributed by atoms with van der Waals surface area (Å²) in [5.41, 5.74) is 0. The van der Waals surface area contributed by atoms with Gasteiger partial charge in [-0.25, -0.2) is 0 Å². The SMILES string of the molecule is CCC(C)CCCCCCCCCCCCC(=O)OC[C@@H](COC(=O)CCCCCCCCCC(C)C)OC(=O)CCCCCCCCCCCCCCCCC(C)C. The number of hydrogen-bond donors (Lipinski definition) is 0. The van der Waals surface area contributed by atoms with Crippen LogP contribution in [-0.4, -0.2) is 37.2 Å². The van der Waals surface area contributed by atoms with E-state index in [-0.39, 0.29) is 31.1 Å². The van der Waals surface area contributed by atoms with E-state index in [9.17, 15) is 14.4 Å². The number of ether oxygens (including phenoxy) is 3. The van der Waals surface area contributed by atoms with E-state index in [0.717, 1.165) is 75.5 Å². The Balaban J connectivity index is 4.30. The highest BCUT2D eigenvalue weighted by atomic mass is 16.6. The molecule has 0 saturated carbocycles. The first kappa shape index (κ1) is 57.4. The molecule has 0 aromatic heterocycles. The van der Waals surface area contributed by atoms with Crippen LogP contribution in [0.15, 0.2) is 0 Å². The van der Waals surface area contributed by atoms with Crippen molar-refractivity contribution in [3.63, 3.8) is 0 Å². The molecule has 0 radical (unpaired) electrons. The Morgan fingerprint density at radius 1 is 0.339 bits per heavy atom. The molecule has 0 aromatic carbocycles. The number of carbonyl (C=O) groups excluding carboxylic acids is 3. The second-order valence-corrected chi connectivity index (χ2v) is 19.4. The lowest BCUT2D eigenvalue weighted by atomic mass is 9.99. The third-order valence-electron chi connectivity index (χ3n) is 12.3.